The Balaban J connectivity index is 1.78. The summed E-state index contributed by atoms with van der Waals surface area (Å²) in [5.74, 6) is -0.289. The van der Waals surface area contributed by atoms with Crippen LogP contribution in [0.1, 0.15) is 23.1 Å². The predicted octanol–water partition coefficient (Wildman–Crippen LogP) is 4.22. The van der Waals surface area contributed by atoms with Gasteiger partial charge in [-0.15, -0.1) is 0 Å². The number of aryl methyl sites for hydroxylation is 3. The molecule has 1 fully saturated rings. The molecule has 3 rings (SSSR count). The molecule has 1 N–H and O–H groups in total. The average Bonchev–Trinajstić information content (AvgIpc) is 2.99. The van der Waals surface area contributed by atoms with E-state index >= 15 is 0 Å². The number of carbonyl (C=O) groups excluding carboxylic acids is 2. The van der Waals surface area contributed by atoms with Crippen molar-refractivity contribution in [1.82, 2.24) is 4.90 Å². The summed E-state index contributed by atoms with van der Waals surface area (Å²) in [6.07, 6.45) is 0.0908. The lowest BCUT2D eigenvalue weighted by Crippen LogP contribution is -2.35. The molecular formula is C23H27N3O3S. The maximum absolute atomic E-state index is 13.0. The number of amides is 2. The van der Waals surface area contributed by atoms with Gasteiger partial charge in [0.05, 0.1) is 18.8 Å². The van der Waals surface area contributed by atoms with E-state index in [1.165, 1.54) is 11.8 Å². The molecule has 7 heteroatoms. The molecule has 0 unspecified atom stereocenters. The van der Waals surface area contributed by atoms with Crippen molar-refractivity contribution in [2.75, 3.05) is 25.6 Å². The smallest absolute Gasteiger partial charge is 0.242 e. The quantitative estimate of drug-likeness (QED) is 0.721. The van der Waals surface area contributed by atoms with Gasteiger partial charge in [-0.05, 0) is 43.5 Å². The molecule has 2 aromatic rings. The van der Waals surface area contributed by atoms with Crippen LogP contribution in [0.3, 0.4) is 0 Å². The molecule has 1 aliphatic heterocycles. The van der Waals surface area contributed by atoms with Gasteiger partial charge in [0.1, 0.15) is 5.25 Å². The molecule has 0 spiro atoms. The van der Waals surface area contributed by atoms with E-state index in [0.717, 1.165) is 28.1 Å². The van der Waals surface area contributed by atoms with Crippen LogP contribution in [0.2, 0.25) is 0 Å². The van der Waals surface area contributed by atoms with Gasteiger partial charge in [0.15, 0.2) is 5.17 Å². The highest BCUT2D eigenvalue weighted by atomic mass is 32.2. The van der Waals surface area contributed by atoms with E-state index in [4.69, 9.17) is 9.73 Å². The SMILES string of the molecule is COCCN1C(=O)[C@@H](CC(=O)Nc2c(C)cccc2C)SC1=Nc1ccccc1C. The van der Waals surface area contributed by atoms with Crippen molar-refractivity contribution in [3.63, 3.8) is 0 Å². The molecule has 2 aromatic carbocycles. The van der Waals surface area contributed by atoms with E-state index in [2.05, 4.69) is 5.32 Å². The summed E-state index contributed by atoms with van der Waals surface area (Å²) in [5.41, 5.74) is 4.65. The van der Waals surface area contributed by atoms with E-state index in [0.29, 0.717) is 18.3 Å². The summed E-state index contributed by atoms with van der Waals surface area (Å²) in [6, 6.07) is 13.6. The van der Waals surface area contributed by atoms with Crippen LogP contribution >= 0.6 is 11.8 Å². The number of aliphatic imine (C=N–C) groups is 1. The summed E-state index contributed by atoms with van der Waals surface area (Å²) in [5, 5.41) is 3.07. The number of benzene rings is 2. The number of anilines is 1. The Bertz CT molecular complexity index is 954. The number of hydrogen-bond acceptors (Lipinski definition) is 5. The second-order valence-electron chi connectivity index (χ2n) is 7.29. The molecule has 2 amide bonds. The first-order valence-corrected chi connectivity index (χ1v) is 10.8. The molecule has 0 radical (unpaired) electrons. The Morgan fingerprint density at radius 2 is 1.77 bits per heavy atom. The Morgan fingerprint density at radius 1 is 1.10 bits per heavy atom. The van der Waals surface area contributed by atoms with E-state index in [-0.39, 0.29) is 18.2 Å². The molecule has 1 heterocycles. The number of ether oxygens (including phenoxy) is 1. The molecule has 30 heavy (non-hydrogen) atoms. The number of amidine groups is 1. The number of thioether (sulfide) groups is 1. The van der Waals surface area contributed by atoms with Crippen LogP contribution in [0.15, 0.2) is 47.5 Å². The molecule has 0 saturated carbocycles. The molecule has 0 aliphatic carbocycles. The maximum atomic E-state index is 13.0. The second kappa shape index (κ2) is 9.91. The van der Waals surface area contributed by atoms with Crippen molar-refractivity contribution in [1.29, 1.82) is 0 Å². The zero-order valence-corrected chi connectivity index (χ0v) is 18.6. The van der Waals surface area contributed by atoms with E-state index in [1.54, 1.807) is 12.0 Å². The minimum atomic E-state index is -0.506. The summed E-state index contributed by atoms with van der Waals surface area (Å²) < 4.78 is 5.16. The van der Waals surface area contributed by atoms with Gasteiger partial charge in [-0.2, -0.15) is 0 Å². The molecule has 0 bridgehead atoms. The van der Waals surface area contributed by atoms with Gasteiger partial charge >= 0.3 is 0 Å². The van der Waals surface area contributed by atoms with Crippen LogP contribution in [-0.4, -0.2) is 47.4 Å². The summed E-state index contributed by atoms with van der Waals surface area (Å²) in [4.78, 5) is 32.0. The van der Waals surface area contributed by atoms with Crippen molar-refractivity contribution < 1.29 is 14.3 Å². The van der Waals surface area contributed by atoms with E-state index in [9.17, 15) is 9.59 Å². The first-order chi connectivity index (χ1) is 14.4. The zero-order chi connectivity index (χ0) is 21.7. The van der Waals surface area contributed by atoms with Crippen LogP contribution in [0.25, 0.3) is 0 Å². The number of rotatable bonds is 7. The van der Waals surface area contributed by atoms with Crippen LogP contribution < -0.4 is 5.32 Å². The summed E-state index contributed by atoms with van der Waals surface area (Å²) >= 11 is 1.34. The van der Waals surface area contributed by atoms with E-state index in [1.807, 2.05) is 63.2 Å². The molecular weight excluding hydrogens is 398 g/mol. The van der Waals surface area contributed by atoms with Gasteiger partial charge in [-0.1, -0.05) is 48.2 Å². The summed E-state index contributed by atoms with van der Waals surface area (Å²) in [7, 11) is 1.60. The number of nitrogens with one attached hydrogen (secondary N) is 1. The van der Waals surface area contributed by atoms with Crippen LogP contribution in [0, 0.1) is 20.8 Å². The van der Waals surface area contributed by atoms with Gasteiger partial charge in [-0.3, -0.25) is 14.5 Å². The first-order valence-electron chi connectivity index (χ1n) is 9.88. The number of para-hydroxylation sites is 2. The fourth-order valence-electron chi connectivity index (χ4n) is 3.28. The van der Waals surface area contributed by atoms with Gasteiger partial charge in [0.2, 0.25) is 11.8 Å². The fraction of sp³-hybridized carbons (Fsp3) is 0.348. The first kappa shape index (κ1) is 22.1. The molecule has 1 aliphatic rings. The lowest BCUT2D eigenvalue weighted by molar-refractivity contribution is -0.128. The fourth-order valence-corrected chi connectivity index (χ4v) is 4.45. The molecule has 1 atom stereocenters. The van der Waals surface area contributed by atoms with Gasteiger partial charge < -0.3 is 10.1 Å². The Labute approximate surface area is 181 Å². The minimum absolute atomic E-state index is 0.0908. The molecule has 0 aromatic heterocycles. The third kappa shape index (κ3) is 5.09. The lowest BCUT2D eigenvalue weighted by atomic mass is 10.1. The number of nitrogens with zero attached hydrogens (tertiary/aromatic N) is 2. The molecule has 1 saturated heterocycles. The van der Waals surface area contributed by atoms with Crippen molar-refractivity contribution in [2.45, 2.75) is 32.4 Å². The topological polar surface area (TPSA) is 71.0 Å². The summed E-state index contributed by atoms with van der Waals surface area (Å²) in [6.45, 7) is 6.70. The van der Waals surface area contributed by atoms with Gasteiger partial charge in [-0.25, -0.2) is 4.99 Å². The third-order valence-corrected chi connectivity index (χ3v) is 6.16. The van der Waals surface area contributed by atoms with Crippen molar-refractivity contribution in [3.8, 4) is 0 Å². The standard InChI is InChI=1S/C23H27N3O3S/c1-15-8-5-6-11-18(15)24-23-26(12-13-29-4)22(28)19(30-23)14-20(27)25-21-16(2)9-7-10-17(21)3/h5-11,19H,12-14H2,1-4H3,(H,25,27)/t19-/m1/s1. The van der Waals surface area contributed by atoms with Crippen LogP contribution in [0.5, 0.6) is 0 Å². The van der Waals surface area contributed by atoms with E-state index < -0.39 is 5.25 Å². The molecule has 158 valence electrons. The normalized spacial score (nSPS) is 17.6. The number of hydrogen-bond donors (Lipinski definition) is 1. The Hall–Kier alpha value is -2.64. The third-order valence-electron chi connectivity index (χ3n) is 4.99. The van der Waals surface area contributed by atoms with Crippen LogP contribution in [-0.2, 0) is 14.3 Å². The predicted molar refractivity (Wildman–Crippen MR) is 122 cm³/mol. The average molecular weight is 426 g/mol. The highest BCUT2D eigenvalue weighted by Crippen LogP contribution is 2.32. The number of carbonyl (C=O) groups is 2. The monoisotopic (exact) mass is 425 g/mol. The van der Waals surface area contributed by atoms with Crippen molar-refractivity contribution >= 4 is 40.1 Å². The Morgan fingerprint density at radius 3 is 2.43 bits per heavy atom. The highest BCUT2D eigenvalue weighted by Gasteiger charge is 2.39. The second-order valence-corrected chi connectivity index (χ2v) is 8.46. The van der Waals surface area contributed by atoms with Gasteiger partial charge in [0, 0.05) is 19.2 Å². The minimum Gasteiger partial charge on any atom is -0.383 e. The maximum Gasteiger partial charge on any atom is 0.242 e. The van der Waals surface area contributed by atoms with Crippen molar-refractivity contribution in [3.05, 3.63) is 59.2 Å². The number of methoxy groups -OCH3 is 1. The van der Waals surface area contributed by atoms with Gasteiger partial charge in [0.25, 0.3) is 0 Å². The molecule has 6 nitrogen and oxygen atoms in total. The van der Waals surface area contributed by atoms with Crippen LogP contribution in [0.4, 0.5) is 11.4 Å². The van der Waals surface area contributed by atoms with Crippen molar-refractivity contribution in [2.24, 2.45) is 4.99 Å². The Kier molecular flexibility index (Phi) is 7.29. The lowest BCUT2D eigenvalue weighted by Gasteiger charge is -2.16. The zero-order valence-electron chi connectivity index (χ0n) is 17.8. The largest absolute Gasteiger partial charge is 0.383 e. The highest BCUT2D eigenvalue weighted by molar-refractivity contribution is 8.15.